The number of hydrogen-bond acceptors (Lipinski definition) is 2. The molecule has 9 rings (SSSR count). The molecule has 0 radical (unpaired) electrons. The fourth-order valence-electron chi connectivity index (χ4n) is 6.50. The molecule has 4 nitrogen and oxygen atoms in total. The van der Waals surface area contributed by atoms with Crippen LogP contribution in [-0.4, -0.2) is 19.1 Å². The van der Waals surface area contributed by atoms with Crippen LogP contribution in [0.15, 0.2) is 146 Å². The van der Waals surface area contributed by atoms with Gasteiger partial charge >= 0.3 is 0 Å². The van der Waals surface area contributed by atoms with E-state index in [-0.39, 0.29) is 0 Å². The number of benzene rings is 6. The lowest BCUT2D eigenvalue weighted by atomic mass is 10.1. The van der Waals surface area contributed by atoms with E-state index in [1.807, 2.05) is 30.3 Å². The second kappa shape index (κ2) is 8.88. The maximum Gasteiger partial charge on any atom is 0.165 e. The Morgan fingerprint density at radius 2 is 0.881 bits per heavy atom. The highest BCUT2D eigenvalue weighted by molar-refractivity contribution is 6.24. The van der Waals surface area contributed by atoms with Gasteiger partial charge in [-0.3, -0.25) is 4.57 Å². The van der Waals surface area contributed by atoms with Crippen molar-refractivity contribution in [1.29, 1.82) is 0 Å². The molecule has 6 aromatic carbocycles. The van der Waals surface area contributed by atoms with Gasteiger partial charge in [-0.25, -0.2) is 9.97 Å². The van der Waals surface area contributed by atoms with Crippen molar-refractivity contribution in [2.24, 2.45) is 0 Å². The molecule has 0 unspecified atom stereocenters. The third kappa shape index (κ3) is 3.23. The monoisotopic (exact) mass is 536 g/mol. The van der Waals surface area contributed by atoms with Crippen LogP contribution < -0.4 is 0 Å². The first-order valence-corrected chi connectivity index (χ1v) is 14.2. The highest BCUT2D eigenvalue weighted by atomic mass is 15.1. The molecule has 0 bridgehead atoms. The van der Waals surface area contributed by atoms with Crippen LogP contribution in [0.2, 0.25) is 0 Å². The van der Waals surface area contributed by atoms with Crippen molar-refractivity contribution in [3.05, 3.63) is 146 Å². The summed E-state index contributed by atoms with van der Waals surface area (Å²) >= 11 is 0. The molecular formula is C38H24N4. The van der Waals surface area contributed by atoms with Gasteiger partial charge < -0.3 is 4.57 Å². The van der Waals surface area contributed by atoms with Gasteiger partial charge in [-0.1, -0.05) is 109 Å². The van der Waals surface area contributed by atoms with Gasteiger partial charge in [0.2, 0.25) is 0 Å². The lowest BCUT2D eigenvalue weighted by Gasteiger charge is -2.15. The number of aromatic nitrogens is 4. The Balaban J connectivity index is 1.55. The largest absolute Gasteiger partial charge is 0.307 e. The normalized spacial score (nSPS) is 11.8. The molecule has 9 aromatic rings. The van der Waals surface area contributed by atoms with Crippen LogP contribution in [0.3, 0.4) is 0 Å². The zero-order valence-corrected chi connectivity index (χ0v) is 22.6. The van der Waals surface area contributed by atoms with Gasteiger partial charge in [0.25, 0.3) is 0 Å². The van der Waals surface area contributed by atoms with Crippen LogP contribution in [-0.2, 0) is 0 Å². The van der Waals surface area contributed by atoms with Crippen molar-refractivity contribution >= 4 is 54.6 Å². The van der Waals surface area contributed by atoms with Crippen LogP contribution in [0.5, 0.6) is 0 Å². The number of rotatable bonds is 3. The smallest absolute Gasteiger partial charge is 0.165 e. The standard InChI is InChI=1S/C38H24N4/c1-3-13-25(14-4-1)35-38(40-32-20-10-9-19-31(32)39-35)42-34-22-12-8-18-28(34)30-24-23-29-27-17-7-11-21-33(27)41(36(29)37(30)42)26-15-5-2-6-16-26/h1-24H. The van der Waals surface area contributed by atoms with Crippen LogP contribution >= 0.6 is 0 Å². The average Bonchev–Trinajstić information content (AvgIpc) is 3.58. The average molecular weight is 537 g/mol. The van der Waals surface area contributed by atoms with Crippen LogP contribution in [0.25, 0.3) is 77.4 Å². The summed E-state index contributed by atoms with van der Waals surface area (Å²) in [5.41, 5.74) is 9.33. The van der Waals surface area contributed by atoms with Gasteiger partial charge in [0.15, 0.2) is 5.82 Å². The zero-order valence-electron chi connectivity index (χ0n) is 22.6. The molecule has 0 fully saturated rings. The molecule has 0 N–H and O–H groups in total. The summed E-state index contributed by atoms with van der Waals surface area (Å²) in [6, 6.07) is 51.1. The van der Waals surface area contributed by atoms with E-state index in [9.17, 15) is 0 Å². The molecular weight excluding hydrogens is 512 g/mol. The summed E-state index contributed by atoms with van der Waals surface area (Å²) in [6.07, 6.45) is 0. The highest BCUT2D eigenvalue weighted by Gasteiger charge is 2.23. The SMILES string of the molecule is c1ccc(-c2nc3ccccc3nc2-n2c3ccccc3c3ccc4c5ccccc5n(-c5ccccc5)c4c32)cc1. The molecule has 3 aromatic heterocycles. The molecule has 0 amide bonds. The number of para-hydroxylation sites is 5. The summed E-state index contributed by atoms with van der Waals surface area (Å²) in [5.74, 6) is 0.823. The Hall–Kier alpha value is -5.74. The minimum absolute atomic E-state index is 0.823. The van der Waals surface area contributed by atoms with E-state index in [1.54, 1.807) is 0 Å². The first-order valence-electron chi connectivity index (χ1n) is 14.2. The second-order valence-corrected chi connectivity index (χ2v) is 10.6. The zero-order chi connectivity index (χ0) is 27.6. The first-order chi connectivity index (χ1) is 20.9. The summed E-state index contributed by atoms with van der Waals surface area (Å²) in [6.45, 7) is 0. The molecule has 0 saturated carbocycles. The van der Waals surface area contributed by atoms with Crippen LogP contribution in [0, 0.1) is 0 Å². The van der Waals surface area contributed by atoms with Gasteiger partial charge in [0, 0.05) is 32.8 Å². The molecule has 42 heavy (non-hydrogen) atoms. The third-order valence-corrected chi connectivity index (χ3v) is 8.29. The molecule has 0 atom stereocenters. The Morgan fingerprint density at radius 1 is 0.381 bits per heavy atom. The van der Waals surface area contributed by atoms with E-state index in [4.69, 9.17) is 9.97 Å². The number of hydrogen-bond donors (Lipinski definition) is 0. The van der Waals surface area contributed by atoms with E-state index in [2.05, 4.69) is 124 Å². The molecule has 4 heteroatoms. The lowest BCUT2D eigenvalue weighted by Crippen LogP contribution is -2.05. The molecule has 0 aliphatic carbocycles. The van der Waals surface area contributed by atoms with E-state index in [1.165, 1.54) is 27.1 Å². The van der Waals surface area contributed by atoms with Crippen LogP contribution in [0.4, 0.5) is 0 Å². The highest BCUT2D eigenvalue weighted by Crippen LogP contribution is 2.42. The van der Waals surface area contributed by atoms with Crippen molar-refractivity contribution in [3.63, 3.8) is 0 Å². The quantitative estimate of drug-likeness (QED) is 0.225. The fourth-order valence-corrected chi connectivity index (χ4v) is 6.50. The first kappa shape index (κ1) is 23.0. The van der Waals surface area contributed by atoms with E-state index in [0.29, 0.717) is 0 Å². The van der Waals surface area contributed by atoms with Gasteiger partial charge in [-0.15, -0.1) is 0 Å². The molecule has 0 spiro atoms. The van der Waals surface area contributed by atoms with Gasteiger partial charge in [-0.2, -0.15) is 0 Å². The van der Waals surface area contributed by atoms with Crippen LogP contribution in [0.1, 0.15) is 0 Å². The summed E-state index contributed by atoms with van der Waals surface area (Å²) < 4.78 is 4.74. The summed E-state index contributed by atoms with van der Waals surface area (Å²) in [7, 11) is 0. The van der Waals surface area contributed by atoms with Gasteiger partial charge in [0.05, 0.1) is 33.1 Å². The van der Waals surface area contributed by atoms with Gasteiger partial charge in [0.1, 0.15) is 5.69 Å². The summed E-state index contributed by atoms with van der Waals surface area (Å²) in [4.78, 5) is 10.6. The van der Waals surface area contributed by atoms with E-state index < -0.39 is 0 Å². The third-order valence-electron chi connectivity index (χ3n) is 8.29. The van der Waals surface area contributed by atoms with E-state index >= 15 is 0 Å². The predicted octanol–water partition coefficient (Wildman–Crippen LogP) is 9.49. The van der Waals surface area contributed by atoms with Gasteiger partial charge in [-0.05, 0) is 36.4 Å². The molecule has 196 valence electrons. The Bertz CT molecular complexity index is 2450. The minimum atomic E-state index is 0.823. The van der Waals surface area contributed by atoms with Crippen molar-refractivity contribution in [1.82, 2.24) is 19.1 Å². The number of nitrogens with zero attached hydrogens (tertiary/aromatic N) is 4. The fraction of sp³-hybridized carbons (Fsp3) is 0. The maximum absolute atomic E-state index is 5.35. The van der Waals surface area contributed by atoms with Crippen molar-refractivity contribution in [3.8, 4) is 22.8 Å². The molecule has 0 aliphatic rings. The second-order valence-electron chi connectivity index (χ2n) is 10.6. The molecule has 0 aliphatic heterocycles. The Morgan fingerprint density at radius 3 is 1.55 bits per heavy atom. The van der Waals surface area contributed by atoms with Crippen molar-refractivity contribution in [2.75, 3.05) is 0 Å². The van der Waals surface area contributed by atoms with Crippen molar-refractivity contribution < 1.29 is 0 Å². The molecule has 0 saturated heterocycles. The minimum Gasteiger partial charge on any atom is -0.307 e. The predicted molar refractivity (Wildman–Crippen MR) is 174 cm³/mol. The number of fused-ring (bicyclic) bond motifs is 8. The maximum atomic E-state index is 5.35. The molecule has 3 heterocycles. The van der Waals surface area contributed by atoms with Crippen molar-refractivity contribution in [2.45, 2.75) is 0 Å². The van der Waals surface area contributed by atoms with E-state index in [0.717, 1.165) is 50.3 Å². The Kier molecular flexibility index (Phi) is 4.87. The summed E-state index contributed by atoms with van der Waals surface area (Å²) in [5, 5.41) is 4.81. The topological polar surface area (TPSA) is 35.6 Å². The Labute approximate surface area is 241 Å². The lowest BCUT2D eigenvalue weighted by molar-refractivity contribution is 1.08.